The van der Waals surface area contributed by atoms with Gasteiger partial charge < -0.3 is 14.2 Å². The molecule has 3 heterocycles. The minimum Gasteiger partial charge on any atom is -0.381 e. The van der Waals surface area contributed by atoms with Crippen LogP contribution in [-0.2, 0) is 11.3 Å². The monoisotopic (exact) mass is 420 g/mol. The molecule has 0 saturated carbocycles. The lowest BCUT2D eigenvalue weighted by Crippen LogP contribution is -2.38. The van der Waals surface area contributed by atoms with Crippen LogP contribution in [-0.4, -0.2) is 51.9 Å². The SMILES string of the molecule is CC(C)Cn1cnnc1C1CN(C(=O)c2ccc(F)c(Cl)c2)CC12CCOCC2. The van der Waals surface area contributed by atoms with Gasteiger partial charge in [0, 0.05) is 49.7 Å². The van der Waals surface area contributed by atoms with Crippen molar-refractivity contribution in [2.45, 2.75) is 39.2 Å². The number of aromatic nitrogens is 3. The molecule has 2 saturated heterocycles. The number of benzene rings is 1. The average Bonchev–Trinajstić information content (AvgIpc) is 3.28. The number of hydrogen-bond donors (Lipinski definition) is 0. The fraction of sp³-hybridized carbons (Fsp3) is 0.571. The first-order valence-corrected chi connectivity index (χ1v) is 10.5. The van der Waals surface area contributed by atoms with E-state index < -0.39 is 5.82 Å². The quantitative estimate of drug-likeness (QED) is 0.755. The van der Waals surface area contributed by atoms with Crippen LogP contribution in [0.15, 0.2) is 24.5 Å². The molecule has 0 radical (unpaired) electrons. The second-order valence-electron chi connectivity index (χ2n) is 8.58. The highest BCUT2D eigenvalue weighted by Gasteiger charge is 2.51. The van der Waals surface area contributed by atoms with Crippen molar-refractivity contribution in [3.8, 4) is 0 Å². The van der Waals surface area contributed by atoms with Crippen LogP contribution in [0.3, 0.4) is 0 Å². The van der Waals surface area contributed by atoms with Crippen LogP contribution in [0.25, 0.3) is 0 Å². The molecule has 1 spiro atoms. The Kier molecular flexibility index (Phi) is 5.62. The first kappa shape index (κ1) is 20.3. The highest BCUT2D eigenvalue weighted by atomic mass is 35.5. The number of carbonyl (C=O) groups excluding carboxylic acids is 1. The van der Waals surface area contributed by atoms with Crippen molar-refractivity contribution in [1.29, 1.82) is 0 Å². The fourth-order valence-corrected chi connectivity index (χ4v) is 4.82. The summed E-state index contributed by atoms with van der Waals surface area (Å²) in [5.41, 5.74) is 0.322. The maximum absolute atomic E-state index is 13.5. The fourth-order valence-electron chi connectivity index (χ4n) is 4.64. The third-order valence-electron chi connectivity index (χ3n) is 6.11. The van der Waals surface area contributed by atoms with Crippen LogP contribution in [0, 0.1) is 17.2 Å². The van der Waals surface area contributed by atoms with E-state index in [0.29, 0.717) is 37.8 Å². The lowest BCUT2D eigenvalue weighted by molar-refractivity contribution is 0.0106. The van der Waals surface area contributed by atoms with Crippen LogP contribution in [0.2, 0.25) is 5.02 Å². The number of ether oxygens (including phenoxy) is 1. The zero-order valence-electron chi connectivity index (χ0n) is 16.8. The molecule has 156 valence electrons. The molecule has 1 unspecified atom stereocenters. The summed E-state index contributed by atoms with van der Waals surface area (Å²) in [6.45, 7) is 7.72. The highest BCUT2D eigenvalue weighted by Crippen LogP contribution is 2.49. The van der Waals surface area contributed by atoms with Crippen LogP contribution in [0.5, 0.6) is 0 Å². The maximum atomic E-state index is 13.5. The topological polar surface area (TPSA) is 60.2 Å². The standard InChI is InChI=1S/C21H26ClFN4O2/c1-14(2)10-27-13-24-25-19(27)16-11-26(12-21(16)5-7-29-8-6-21)20(28)15-3-4-18(23)17(22)9-15/h3-4,9,13-14,16H,5-8,10-12H2,1-2H3. The molecule has 1 atom stereocenters. The molecular weight excluding hydrogens is 395 g/mol. The van der Waals surface area contributed by atoms with Gasteiger partial charge in [-0.1, -0.05) is 25.4 Å². The number of likely N-dealkylation sites (tertiary alicyclic amines) is 1. The molecule has 2 aromatic rings. The number of halogens is 2. The number of nitrogens with zero attached hydrogens (tertiary/aromatic N) is 4. The normalized spacial score (nSPS) is 21.3. The van der Waals surface area contributed by atoms with Crippen molar-refractivity contribution < 1.29 is 13.9 Å². The molecular formula is C21H26ClFN4O2. The van der Waals surface area contributed by atoms with Crippen molar-refractivity contribution in [3.05, 3.63) is 46.8 Å². The minimum absolute atomic E-state index is 0.0379. The van der Waals surface area contributed by atoms with Crippen molar-refractivity contribution >= 4 is 17.5 Å². The largest absolute Gasteiger partial charge is 0.381 e. The van der Waals surface area contributed by atoms with Crippen LogP contribution >= 0.6 is 11.6 Å². The Morgan fingerprint density at radius 2 is 2.14 bits per heavy atom. The van der Waals surface area contributed by atoms with E-state index in [-0.39, 0.29) is 22.3 Å². The number of carbonyl (C=O) groups is 1. The molecule has 2 fully saturated rings. The Balaban J connectivity index is 1.65. The van der Waals surface area contributed by atoms with E-state index in [1.807, 2.05) is 4.90 Å². The van der Waals surface area contributed by atoms with E-state index in [1.165, 1.54) is 18.2 Å². The molecule has 2 aliphatic rings. The van der Waals surface area contributed by atoms with Gasteiger partial charge in [-0.3, -0.25) is 4.79 Å². The lowest BCUT2D eigenvalue weighted by atomic mass is 9.71. The van der Waals surface area contributed by atoms with Crippen molar-refractivity contribution in [2.24, 2.45) is 11.3 Å². The predicted octanol–water partition coefficient (Wildman–Crippen LogP) is 3.76. The Bertz CT molecular complexity index is 895. The summed E-state index contributed by atoms with van der Waals surface area (Å²) in [6, 6.07) is 4.14. The molecule has 1 aromatic carbocycles. The van der Waals surface area contributed by atoms with Gasteiger partial charge in [0.15, 0.2) is 0 Å². The van der Waals surface area contributed by atoms with Gasteiger partial charge in [-0.15, -0.1) is 10.2 Å². The van der Waals surface area contributed by atoms with Gasteiger partial charge in [0.1, 0.15) is 18.0 Å². The molecule has 1 aromatic heterocycles. The minimum atomic E-state index is -0.523. The van der Waals surface area contributed by atoms with Gasteiger partial charge in [0.05, 0.1) is 5.02 Å². The van der Waals surface area contributed by atoms with E-state index in [9.17, 15) is 9.18 Å². The van der Waals surface area contributed by atoms with Crippen molar-refractivity contribution in [1.82, 2.24) is 19.7 Å². The van der Waals surface area contributed by atoms with Crippen LogP contribution in [0.4, 0.5) is 4.39 Å². The Morgan fingerprint density at radius 1 is 1.38 bits per heavy atom. The summed E-state index contributed by atoms with van der Waals surface area (Å²) in [5, 5.41) is 8.58. The molecule has 6 nitrogen and oxygen atoms in total. The summed E-state index contributed by atoms with van der Waals surface area (Å²) < 4.78 is 21.3. The molecule has 0 bridgehead atoms. The van der Waals surface area contributed by atoms with Gasteiger partial charge in [0.2, 0.25) is 0 Å². The van der Waals surface area contributed by atoms with E-state index in [2.05, 4.69) is 28.6 Å². The maximum Gasteiger partial charge on any atom is 0.253 e. The number of amides is 1. The van der Waals surface area contributed by atoms with Crippen molar-refractivity contribution in [3.63, 3.8) is 0 Å². The van der Waals surface area contributed by atoms with Crippen LogP contribution in [0.1, 0.15) is 48.8 Å². The summed E-state index contributed by atoms with van der Waals surface area (Å²) in [6.07, 6.45) is 3.53. The van der Waals surface area contributed by atoms with Gasteiger partial charge in [-0.25, -0.2) is 4.39 Å². The predicted molar refractivity (Wildman–Crippen MR) is 107 cm³/mol. The van der Waals surface area contributed by atoms with Crippen LogP contribution < -0.4 is 0 Å². The first-order chi connectivity index (χ1) is 13.9. The highest BCUT2D eigenvalue weighted by molar-refractivity contribution is 6.31. The number of rotatable bonds is 4. The van der Waals surface area contributed by atoms with Gasteiger partial charge in [0.25, 0.3) is 5.91 Å². The zero-order chi connectivity index (χ0) is 20.6. The molecule has 1 amide bonds. The summed E-state index contributed by atoms with van der Waals surface area (Å²) >= 11 is 5.90. The molecule has 2 aliphatic heterocycles. The van der Waals surface area contributed by atoms with Gasteiger partial charge in [-0.05, 0) is 37.0 Å². The summed E-state index contributed by atoms with van der Waals surface area (Å²) in [5.74, 6) is 0.844. The third kappa shape index (κ3) is 3.90. The molecule has 29 heavy (non-hydrogen) atoms. The van der Waals surface area contributed by atoms with Crippen molar-refractivity contribution in [2.75, 3.05) is 26.3 Å². The molecule has 4 rings (SSSR count). The van der Waals surface area contributed by atoms with E-state index in [0.717, 1.165) is 25.2 Å². The average molecular weight is 421 g/mol. The Morgan fingerprint density at radius 3 is 2.83 bits per heavy atom. The molecule has 8 heteroatoms. The van der Waals surface area contributed by atoms with E-state index in [4.69, 9.17) is 16.3 Å². The zero-order valence-corrected chi connectivity index (χ0v) is 17.5. The molecule has 0 N–H and O–H groups in total. The van der Waals surface area contributed by atoms with Gasteiger partial charge in [-0.2, -0.15) is 0 Å². The summed E-state index contributed by atoms with van der Waals surface area (Å²) in [7, 11) is 0. The Labute approximate surface area is 175 Å². The summed E-state index contributed by atoms with van der Waals surface area (Å²) in [4.78, 5) is 15.0. The second-order valence-corrected chi connectivity index (χ2v) is 8.98. The second kappa shape index (κ2) is 8.03. The lowest BCUT2D eigenvalue weighted by Gasteiger charge is -2.37. The van der Waals surface area contributed by atoms with Gasteiger partial charge >= 0.3 is 0 Å². The van der Waals surface area contributed by atoms with E-state index >= 15 is 0 Å². The number of hydrogen-bond acceptors (Lipinski definition) is 4. The molecule has 0 aliphatic carbocycles. The third-order valence-corrected chi connectivity index (χ3v) is 6.40. The first-order valence-electron chi connectivity index (χ1n) is 10.1. The van der Waals surface area contributed by atoms with E-state index in [1.54, 1.807) is 6.33 Å². The Hall–Kier alpha value is -1.99. The smallest absolute Gasteiger partial charge is 0.253 e.